The van der Waals surface area contributed by atoms with E-state index >= 15 is 0 Å². The van der Waals surface area contributed by atoms with Crippen molar-refractivity contribution in [3.8, 4) is 0 Å². The summed E-state index contributed by atoms with van der Waals surface area (Å²) in [6.45, 7) is -0.896. The third kappa shape index (κ3) is 2.98. The van der Waals surface area contributed by atoms with Crippen LogP contribution in [-0.4, -0.2) is 40.1 Å². The molecule has 24 heavy (non-hydrogen) atoms. The first-order valence-electron chi connectivity index (χ1n) is 7.14. The number of amides is 1. The van der Waals surface area contributed by atoms with Gasteiger partial charge < -0.3 is 4.90 Å². The van der Waals surface area contributed by atoms with Gasteiger partial charge >= 0.3 is 0 Å². The van der Waals surface area contributed by atoms with Crippen LogP contribution in [0.25, 0.3) is 0 Å². The number of alkyl halides is 2. The summed E-state index contributed by atoms with van der Waals surface area (Å²) in [6, 6.07) is 3.44. The molecule has 1 aliphatic rings. The Kier molecular flexibility index (Phi) is 4.49. The zero-order valence-electron chi connectivity index (χ0n) is 12.3. The average molecular weight is 362 g/mol. The molecular formula is C15H12ClF4N3O. The standard InChI is InChI=1S/C15H12ClF4N3O/c16-14-8-4-5-22(7-12(19)20)15(24)13(8)21-23(14)6-9-10(17)2-1-3-11(9)18/h1-3,12H,4-7H2. The Balaban J connectivity index is 1.92. The fourth-order valence-electron chi connectivity index (χ4n) is 2.65. The predicted molar refractivity (Wildman–Crippen MR) is 78.3 cm³/mol. The second-order valence-electron chi connectivity index (χ2n) is 5.37. The van der Waals surface area contributed by atoms with Crippen molar-refractivity contribution in [3.63, 3.8) is 0 Å². The third-order valence-electron chi connectivity index (χ3n) is 3.83. The molecule has 0 N–H and O–H groups in total. The minimum atomic E-state index is -2.65. The summed E-state index contributed by atoms with van der Waals surface area (Å²) < 4.78 is 53.6. The summed E-state index contributed by atoms with van der Waals surface area (Å²) in [6.07, 6.45) is -2.40. The molecule has 0 saturated heterocycles. The molecule has 128 valence electrons. The van der Waals surface area contributed by atoms with Gasteiger partial charge in [-0.2, -0.15) is 5.10 Å². The molecule has 0 radical (unpaired) electrons. The molecule has 1 aliphatic heterocycles. The highest BCUT2D eigenvalue weighted by molar-refractivity contribution is 6.31. The van der Waals surface area contributed by atoms with Crippen LogP contribution in [0.3, 0.4) is 0 Å². The lowest BCUT2D eigenvalue weighted by Crippen LogP contribution is -2.40. The fourth-order valence-corrected chi connectivity index (χ4v) is 2.93. The van der Waals surface area contributed by atoms with E-state index in [2.05, 4.69) is 5.10 Å². The highest BCUT2D eigenvalue weighted by Gasteiger charge is 2.32. The number of benzene rings is 1. The molecular weight excluding hydrogens is 350 g/mol. The summed E-state index contributed by atoms with van der Waals surface area (Å²) in [5, 5.41) is 4.06. The second-order valence-corrected chi connectivity index (χ2v) is 5.73. The predicted octanol–water partition coefficient (Wildman–Crippen LogP) is 3.13. The van der Waals surface area contributed by atoms with Crippen LogP contribution >= 0.6 is 11.6 Å². The van der Waals surface area contributed by atoms with E-state index in [9.17, 15) is 22.4 Å². The second kappa shape index (κ2) is 6.43. The maximum atomic E-state index is 13.8. The first-order valence-corrected chi connectivity index (χ1v) is 7.51. The molecule has 0 spiro atoms. The number of fused-ring (bicyclic) bond motifs is 1. The van der Waals surface area contributed by atoms with E-state index in [1.165, 1.54) is 6.07 Å². The molecule has 0 aliphatic carbocycles. The van der Waals surface area contributed by atoms with Crippen LogP contribution in [0, 0.1) is 11.6 Å². The highest BCUT2D eigenvalue weighted by atomic mass is 35.5. The highest BCUT2D eigenvalue weighted by Crippen LogP contribution is 2.27. The lowest BCUT2D eigenvalue weighted by molar-refractivity contribution is 0.0532. The number of rotatable bonds is 4. The molecule has 1 amide bonds. The molecule has 3 rings (SSSR count). The molecule has 0 unspecified atom stereocenters. The van der Waals surface area contributed by atoms with Gasteiger partial charge in [0.1, 0.15) is 16.8 Å². The van der Waals surface area contributed by atoms with Gasteiger partial charge in [0, 0.05) is 17.7 Å². The van der Waals surface area contributed by atoms with E-state index in [1.54, 1.807) is 0 Å². The molecule has 1 aromatic heterocycles. The molecule has 1 aromatic carbocycles. The Bertz CT molecular complexity index is 773. The van der Waals surface area contributed by atoms with Gasteiger partial charge in [-0.1, -0.05) is 17.7 Å². The van der Waals surface area contributed by atoms with Crippen molar-refractivity contribution in [1.82, 2.24) is 14.7 Å². The molecule has 0 bridgehead atoms. The zero-order chi connectivity index (χ0) is 17.4. The van der Waals surface area contributed by atoms with Gasteiger partial charge in [0.25, 0.3) is 12.3 Å². The number of carbonyl (C=O) groups excluding carboxylic acids is 1. The molecule has 0 saturated carbocycles. The quantitative estimate of drug-likeness (QED) is 0.785. The van der Waals surface area contributed by atoms with Crippen LogP contribution in [0.2, 0.25) is 5.15 Å². The topological polar surface area (TPSA) is 38.1 Å². The van der Waals surface area contributed by atoms with E-state index in [1.807, 2.05) is 0 Å². The number of hydrogen-bond acceptors (Lipinski definition) is 2. The zero-order valence-corrected chi connectivity index (χ0v) is 13.0. The summed E-state index contributed by atoms with van der Waals surface area (Å²) in [5.41, 5.74) is 0.115. The number of halogens is 5. The van der Waals surface area contributed by atoms with Crippen molar-refractivity contribution in [2.75, 3.05) is 13.1 Å². The van der Waals surface area contributed by atoms with E-state index in [4.69, 9.17) is 11.6 Å². The average Bonchev–Trinajstić information content (AvgIpc) is 2.83. The Morgan fingerprint density at radius 3 is 2.54 bits per heavy atom. The van der Waals surface area contributed by atoms with Crippen LogP contribution < -0.4 is 0 Å². The van der Waals surface area contributed by atoms with Crippen molar-refractivity contribution in [2.45, 2.75) is 19.4 Å². The summed E-state index contributed by atoms with van der Waals surface area (Å²) in [5.74, 6) is -2.18. The maximum absolute atomic E-state index is 13.8. The first-order chi connectivity index (χ1) is 11.4. The molecule has 4 nitrogen and oxygen atoms in total. The lowest BCUT2D eigenvalue weighted by Gasteiger charge is -2.25. The lowest BCUT2D eigenvalue weighted by atomic mass is 10.1. The van der Waals surface area contributed by atoms with Crippen LogP contribution in [0.5, 0.6) is 0 Å². The van der Waals surface area contributed by atoms with E-state index in [-0.39, 0.29) is 35.9 Å². The minimum Gasteiger partial charge on any atom is -0.331 e. The van der Waals surface area contributed by atoms with Crippen molar-refractivity contribution in [3.05, 3.63) is 51.8 Å². The Morgan fingerprint density at radius 2 is 1.92 bits per heavy atom. The van der Waals surface area contributed by atoms with Gasteiger partial charge in [0.15, 0.2) is 5.69 Å². The van der Waals surface area contributed by atoms with Gasteiger partial charge in [-0.05, 0) is 18.6 Å². The van der Waals surface area contributed by atoms with Crippen molar-refractivity contribution >= 4 is 17.5 Å². The van der Waals surface area contributed by atoms with Gasteiger partial charge in [-0.25, -0.2) is 22.2 Å². The summed E-state index contributed by atoms with van der Waals surface area (Å²) in [7, 11) is 0. The van der Waals surface area contributed by atoms with Gasteiger partial charge in [0.2, 0.25) is 0 Å². The molecule has 2 aromatic rings. The first kappa shape index (κ1) is 16.8. The smallest absolute Gasteiger partial charge is 0.274 e. The Morgan fingerprint density at radius 1 is 1.25 bits per heavy atom. The van der Waals surface area contributed by atoms with Gasteiger partial charge in [-0.15, -0.1) is 0 Å². The molecule has 9 heteroatoms. The normalized spacial score (nSPS) is 14.4. The summed E-state index contributed by atoms with van der Waals surface area (Å²) in [4.78, 5) is 13.2. The van der Waals surface area contributed by atoms with E-state index in [0.29, 0.717) is 5.56 Å². The molecule has 0 fully saturated rings. The van der Waals surface area contributed by atoms with Crippen molar-refractivity contribution in [2.24, 2.45) is 0 Å². The minimum absolute atomic E-state index is 0.0522. The number of nitrogens with zero attached hydrogens (tertiary/aromatic N) is 3. The molecule has 0 atom stereocenters. The third-order valence-corrected chi connectivity index (χ3v) is 4.25. The van der Waals surface area contributed by atoms with E-state index in [0.717, 1.165) is 21.7 Å². The Labute approximate surface area is 139 Å². The van der Waals surface area contributed by atoms with Crippen LogP contribution in [-0.2, 0) is 13.0 Å². The van der Waals surface area contributed by atoms with Gasteiger partial charge in [0.05, 0.1) is 13.1 Å². The van der Waals surface area contributed by atoms with Crippen molar-refractivity contribution in [1.29, 1.82) is 0 Å². The Hall–Kier alpha value is -2.09. The SMILES string of the molecule is O=C1c2nn(Cc3c(F)cccc3F)c(Cl)c2CCN1CC(F)F. The monoisotopic (exact) mass is 361 g/mol. The fraction of sp³-hybridized carbons (Fsp3) is 0.333. The number of aromatic nitrogens is 2. The van der Waals surface area contributed by atoms with Crippen LogP contribution in [0.15, 0.2) is 18.2 Å². The largest absolute Gasteiger partial charge is 0.331 e. The van der Waals surface area contributed by atoms with Crippen LogP contribution in [0.1, 0.15) is 21.6 Å². The molecule has 2 heterocycles. The van der Waals surface area contributed by atoms with Crippen molar-refractivity contribution < 1.29 is 22.4 Å². The maximum Gasteiger partial charge on any atom is 0.274 e. The van der Waals surface area contributed by atoms with Gasteiger partial charge in [-0.3, -0.25) is 4.79 Å². The number of carbonyl (C=O) groups is 1. The summed E-state index contributed by atoms with van der Waals surface area (Å²) >= 11 is 6.15. The van der Waals surface area contributed by atoms with Crippen LogP contribution in [0.4, 0.5) is 17.6 Å². The van der Waals surface area contributed by atoms with E-state index < -0.39 is 30.5 Å². The number of hydrogen-bond donors (Lipinski definition) is 0.